The maximum atomic E-state index is 11.5. The number of nitrogens with one attached hydrogen (secondary N) is 1. The van der Waals surface area contributed by atoms with Gasteiger partial charge in [0.15, 0.2) is 0 Å². The molecule has 0 saturated carbocycles. The summed E-state index contributed by atoms with van der Waals surface area (Å²) in [5.41, 5.74) is 1.28. The highest BCUT2D eigenvalue weighted by Gasteiger charge is 2.07. The Hall–Kier alpha value is -2.03. The number of carbonyl (C=O) groups is 1. The maximum Gasteiger partial charge on any atom is 0.250 e. The van der Waals surface area contributed by atoms with E-state index in [4.69, 9.17) is 14.6 Å². The Kier molecular flexibility index (Phi) is 6.44. The fraction of sp³-hybridized carbons (Fsp3) is 0.357. The van der Waals surface area contributed by atoms with Gasteiger partial charge in [-0.15, -0.1) is 0 Å². The van der Waals surface area contributed by atoms with E-state index < -0.39 is 0 Å². The van der Waals surface area contributed by atoms with Crippen molar-refractivity contribution in [2.24, 2.45) is 0 Å². The fourth-order valence-electron chi connectivity index (χ4n) is 1.42. The maximum absolute atomic E-state index is 11.5. The Morgan fingerprint density at radius 3 is 2.84 bits per heavy atom. The molecule has 1 aromatic rings. The molecule has 0 bridgehead atoms. The first kappa shape index (κ1) is 15.0. The Morgan fingerprint density at radius 2 is 2.21 bits per heavy atom. The number of methoxy groups -OCH3 is 2. The van der Waals surface area contributed by atoms with E-state index >= 15 is 0 Å². The van der Waals surface area contributed by atoms with Crippen LogP contribution in [0.15, 0.2) is 18.2 Å². The molecule has 0 unspecified atom stereocenters. The van der Waals surface area contributed by atoms with Crippen molar-refractivity contribution in [2.45, 2.75) is 6.42 Å². The molecule has 1 aromatic carbocycles. The summed E-state index contributed by atoms with van der Waals surface area (Å²) in [6.07, 6.45) is 0.414. The van der Waals surface area contributed by atoms with E-state index in [2.05, 4.69) is 17.2 Å². The zero-order valence-electron chi connectivity index (χ0n) is 11.0. The van der Waals surface area contributed by atoms with Gasteiger partial charge in [0.2, 0.25) is 5.91 Å². The second kappa shape index (κ2) is 8.14. The molecule has 0 aliphatic carbocycles. The average molecular weight is 263 g/mol. The summed E-state index contributed by atoms with van der Waals surface area (Å²) in [6, 6.07) is 5.23. The molecule has 0 radical (unpaired) electrons. The van der Waals surface area contributed by atoms with Gasteiger partial charge in [0.25, 0.3) is 0 Å². The second-order valence-electron chi connectivity index (χ2n) is 3.67. The van der Waals surface area contributed by atoms with Gasteiger partial charge >= 0.3 is 0 Å². The smallest absolute Gasteiger partial charge is 0.250 e. The van der Waals surface area contributed by atoms with Gasteiger partial charge in [-0.05, 0) is 18.2 Å². The molecule has 102 valence electrons. The third-order valence-corrected chi connectivity index (χ3v) is 2.22. The highest BCUT2D eigenvalue weighted by atomic mass is 16.5. The summed E-state index contributed by atoms with van der Waals surface area (Å²) in [6.45, 7) is 0.00413. The molecule has 0 atom stereocenters. The molecule has 2 N–H and O–H groups in total. The van der Waals surface area contributed by atoms with Crippen LogP contribution >= 0.6 is 0 Å². The van der Waals surface area contributed by atoms with Crippen LogP contribution in [0.4, 0.5) is 5.69 Å². The van der Waals surface area contributed by atoms with Crippen molar-refractivity contribution >= 4 is 11.6 Å². The number of hydrogen-bond donors (Lipinski definition) is 2. The number of aliphatic hydroxyl groups is 1. The molecular formula is C14H17NO4. The van der Waals surface area contributed by atoms with Crippen LogP contribution in [-0.4, -0.2) is 38.4 Å². The summed E-state index contributed by atoms with van der Waals surface area (Å²) in [5.74, 6) is 6.00. The van der Waals surface area contributed by atoms with Crippen molar-refractivity contribution in [2.75, 3.05) is 32.8 Å². The van der Waals surface area contributed by atoms with Gasteiger partial charge < -0.3 is 19.9 Å². The summed E-state index contributed by atoms with van der Waals surface area (Å²) in [7, 11) is 2.98. The third kappa shape index (κ3) is 5.00. The van der Waals surface area contributed by atoms with Crippen LogP contribution in [0.2, 0.25) is 0 Å². The Labute approximate surface area is 112 Å². The van der Waals surface area contributed by atoms with E-state index in [9.17, 15) is 4.79 Å². The average Bonchev–Trinajstić information content (AvgIpc) is 2.39. The number of anilines is 1. The Bertz CT molecular complexity index is 488. The third-order valence-electron chi connectivity index (χ3n) is 2.22. The van der Waals surface area contributed by atoms with Gasteiger partial charge in [-0.25, -0.2) is 0 Å². The Balaban J connectivity index is 2.90. The van der Waals surface area contributed by atoms with Crippen LogP contribution in [0.25, 0.3) is 0 Å². The van der Waals surface area contributed by atoms with E-state index in [1.54, 1.807) is 18.2 Å². The highest BCUT2D eigenvalue weighted by molar-refractivity contribution is 5.93. The van der Waals surface area contributed by atoms with Gasteiger partial charge in [-0.3, -0.25) is 4.79 Å². The summed E-state index contributed by atoms with van der Waals surface area (Å²) in [4.78, 5) is 11.5. The van der Waals surface area contributed by atoms with Gasteiger partial charge in [-0.2, -0.15) is 0 Å². The van der Waals surface area contributed by atoms with Gasteiger partial charge in [0.05, 0.1) is 19.4 Å². The molecule has 0 fully saturated rings. The standard InChI is InChI=1S/C14H17NO4/c1-18-10-14(17)15-12-9-11(5-3-4-8-16)6-7-13(12)19-2/h6-7,9,16H,4,8,10H2,1-2H3,(H,15,17). The minimum absolute atomic E-state index is 0.0242. The Morgan fingerprint density at radius 1 is 1.42 bits per heavy atom. The monoisotopic (exact) mass is 263 g/mol. The topological polar surface area (TPSA) is 67.8 Å². The van der Waals surface area contributed by atoms with Gasteiger partial charge in [-0.1, -0.05) is 11.8 Å². The summed E-state index contributed by atoms with van der Waals surface area (Å²) < 4.78 is 9.91. The molecule has 0 aromatic heterocycles. The lowest BCUT2D eigenvalue weighted by atomic mass is 10.2. The molecule has 19 heavy (non-hydrogen) atoms. The van der Waals surface area contributed by atoms with Gasteiger partial charge in [0.1, 0.15) is 12.4 Å². The molecular weight excluding hydrogens is 246 g/mol. The minimum atomic E-state index is -0.263. The minimum Gasteiger partial charge on any atom is -0.495 e. The lowest BCUT2D eigenvalue weighted by Crippen LogP contribution is -2.17. The predicted molar refractivity (Wildman–Crippen MR) is 72.1 cm³/mol. The quantitative estimate of drug-likeness (QED) is 0.778. The van der Waals surface area contributed by atoms with Crippen molar-refractivity contribution in [1.82, 2.24) is 0 Å². The first-order chi connectivity index (χ1) is 9.21. The van der Waals surface area contributed by atoms with Crippen molar-refractivity contribution < 1.29 is 19.4 Å². The number of carbonyl (C=O) groups excluding carboxylic acids is 1. The van der Waals surface area contributed by atoms with Crippen LogP contribution in [-0.2, 0) is 9.53 Å². The first-order valence-electron chi connectivity index (χ1n) is 5.77. The number of rotatable bonds is 5. The van der Waals surface area contributed by atoms with Crippen molar-refractivity contribution in [3.05, 3.63) is 23.8 Å². The zero-order valence-corrected chi connectivity index (χ0v) is 11.0. The number of ether oxygens (including phenoxy) is 2. The lowest BCUT2D eigenvalue weighted by Gasteiger charge is -2.10. The number of benzene rings is 1. The number of aliphatic hydroxyl groups excluding tert-OH is 1. The van der Waals surface area contributed by atoms with Gasteiger partial charge in [0, 0.05) is 19.1 Å². The largest absolute Gasteiger partial charge is 0.495 e. The number of hydrogen-bond acceptors (Lipinski definition) is 4. The van der Waals surface area contributed by atoms with Crippen molar-refractivity contribution in [3.63, 3.8) is 0 Å². The van der Waals surface area contributed by atoms with Crippen LogP contribution in [0.3, 0.4) is 0 Å². The lowest BCUT2D eigenvalue weighted by molar-refractivity contribution is -0.119. The van der Waals surface area contributed by atoms with Crippen LogP contribution in [0.1, 0.15) is 12.0 Å². The molecule has 1 rings (SSSR count). The van der Waals surface area contributed by atoms with Crippen molar-refractivity contribution in [1.29, 1.82) is 0 Å². The molecule has 5 nitrogen and oxygen atoms in total. The molecule has 0 aliphatic rings. The summed E-state index contributed by atoms with van der Waals surface area (Å²) in [5, 5.41) is 11.4. The molecule has 1 amide bonds. The van der Waals surface area contributed by atoms with E-state index in [-0.39, 0.29) is 19.1 Å². The molecule has 0 aliphatic heterocycles. The SMILES string of the molecule is COCC(=O)Nc1cc(C#CCCO)ccc1OC. The van der Waals surface area contributed by atoms with E-state index in [1.807, 2.05) is 0 Å². The second-order valence-corrected chi connectivity index (χ2v) is 3.67. The normalized spacial score (nSPS) is 9.42. The van der Waals surface area contributed by atoms with Crippen LogP contribution < -0.4 is 10.1 Å². The molecule has 0 saturated heterocycles. The highest BCUT2D eigenvalue weighted by Crippen LogP contribution is 2.25. The van der Waals surface area contributed by atoms with E-state index in [0.29, 0.717) is 17.9 Å². The van der Waals surface area contributed by atoms with Crippen molar-refractivity contribution in [3.8, 4) is 17.6 Å². The molecule has 0 heterocycles. The first-order valence-corrected chi connectivity index (χ1v) is 5.77. The number of amides is 1. The molecule has 0 spiro atoms. The molecule has 5 heteroatoms. The zero-order chi connectivity index (χ0) is 14.1. The van der Waals surface area contributed by atoms with E-state index in [1.165, 1.54) is 14.2 Å². The summed E-state index contributed by atoms with van der Waals surface area (Å²) >= 11 is 0. The fourth-order valence-corrected chi connectivity index (χ4v) is 1.42. The van der Waals surface area contributed by atoms with Crippen LogP contribution in [0, 0.1) is 11.8 Å². The predicted octanol–water partition coefficient (Wildman–Crippen LogP) is 1.01. The van der Waals surface area contributed by atoms with Crippen LogP contribution in [0.5, 0.6) is 5.75 Å². The van der Waals surface area contributed by atoms with E-state index in [0.717, 1.165) is 5.56 Å².